The summed E-state index contributed by atoms with van der Waals surface area (Å²) in [6.45, 7) is 5.92. The Morgan fingerprint density at radius 3 is 2.21 bits per heavy atom. The summed E-state index contributed by atoms with van der Waals surface area (Å²) in [5.41, 5.74) is 3.40. The number of ether oxygens (including phenoxy) is 2. The fraction of sp³-hybridized carbons (Fsp3) is 0.171. The van der Waals surface area contributed by atoms with Crippen LogP contribution < -0.4 is 15.0 Å². The second-order valence-electron chi connectivity index (χ2n) is 9.85. The van der Waals surface area contributed by atoms with E-state index in [9.17, 15) is 14.4 Å². The van der Waals surface area contributed by atoms with Gasteiger partial charge in [-0.1, -0.05) is 84.9 Å². The maximum absolute atomic E-state index is 13.2. The van der Waals surface area contributed by atoms with Gasteiger partial charge in [0.1, 0.15) is 18.4 Å². The van der Waals surface area contributed by atoms with Crippen molar-refractivity contribution >= 4 is 40.6 Å². The Morgan fingerprint density at radius 1 is 0.884 bits per heavy atom. The standard InChI is InChI=1S/C35H33ClN2O5/c1-24(2)34(40)38(32-16-10-8-14-29(32)36)21-22-43-27-19-17-25(18-20-27)23-31(35(41)42-3)37-30-15-9-7-13-28(30)33(39)26-11-5-4-6-12-26/h4-20,31,37H,1,21-23H2,2-3H3. The zero-order valence-electron chi connectivity index (χ0n) is 24.1. The first-order chi connectivity index (χ1) is 20.8. The molecule has 0 aliphatic rings. The van der Waals surface area contributed by atoms with Crippen molar-refractivity contribution in [3.63, 3.8) is 0 Å². The predicted molar refractivity (Wildman–Crippen MR) is 170 cm³/mol. The molecule has 0 saturated carbocycles. The summed E-state index contributed by atoms with van der Waals surface area (Å²) in [5.74, 6) is -0.233. The van der Waals surface area contributed by atoms with E-state index in [1.54, 1.807) is 78.6 Å². The van der Waals surface area contributed by atoms with E-state index in [2.05, 4.69) is 11.9 Å². The molecule has 0 fully saturated rings. The first-order valence-electron chi connectivity index (χ1n) is 13.7. The normalized spacial score (nSPS) is 11.2. The molecule has 0 aliphatic heterocycles. The van der Waals surface area contributed by atoms with Gasteiger partial charge >= 0.3 is 5.97 Å². The average Bonchev–Trinajstić information content (AvgIpc) is 3.03. The number of nitrogens with one attached hydrogen (secondary N) is 1. The maximum atomic E-state index is 13.2. The van der Waals surface area contributed by atoms with E-state index >= 15 is 0 Å². The lowest BCUT2D eigenvalue weighted by molar-refractivity contribution is -0.141. The van der Waals surface area contributed by atoms with Crippen molar-refractivity contribution in [2.24, 2.45) is 0 Å². The number of halogens is 1. The first kappa shape index (κ1) is 31.1. The van der Waals surface area contributed by atoms with Gasteiger partial charge in [-0.2, -0.15) is 0 Å². The molecule has 1 N–H and O–H groups in total. The molecule has 8 heteroatoms. The van der Waals surface area contributed by atoms with Crippen molar-refractivity contribution < 1.29 is 23.9 Å². The SMILES string of the molecule is C=C(C)C(=O)N(CCOc1ccc(CC(Nc2ccccc2C(=O)c2ccccc2)C(=O)OC)cc1)c1ccccc1Cl. The van der Waals surface area contributed by atoms with Crippen LogP contribution in [0.2, 0.25) is 5.02 Å². The molecule has 0 saturated heterocycles. The molecule has 0 radical (unpaired) electrons. The predicted octanol–water partition coefficient (Wildman–Crippen LogP) is 6.76. The highest BCUT2D eigenvalue weighted by Gasteiger charge is 2.23. The van der Waals surface area contributed by atoms with Crippen molar-refractivity contribution in [3.05, 3.63) is 137 Å². The zero-order chi connectivity index (χ0) is 30.8. The monoisotopic (exact) mass is 596 g/mol. The molecular formula is C35H33ClN2O5. The van der Waals surface area contributed by atoms with Crippen molar-refractivity contribution in [2.75, 3.05) is 30.5 Å². The molecule has 1 unspecified atom stereocenters. The Kier molecular flexibility index (Phi) is 10.7. The van der Waals surface area contributed by atoms with Crippen LogP contribution in [-0.4, -0.2) is 44.0 Å². The van der Waals surface area contributed by atoms with Gasteiger partial charge in [0.25, 0.3) is 5.91 Å². The van der Waals surface area contributed by atoms with E-state index in [0.717, 1.165) is 5.56 Å². The van der Waals surface area contributed by atoms with Crippen molar-refractivity contribution in [1.29, 1.82) is 0 Å². The highest BCUT2D eigenvalue weighted by molar-refractivity contribution is 6.34. The summed E-state index contributed by atoms with van der Waals surface area (Å²) in [5, 5.41) is 3.68. The fourth-order valence-electron chi connectivity index (χ4n) is 4.52. The highest BCUT2D eigenvalue weighted by atomic mass is 35.5. The Morgan fingerprint density at radius 2 is 1.53 bits per heavy atom. The number of anilines is 2. The summed E-state index contributed by atoms with van der Waals surface area (Å²) in [6.07, 6.45) is 0.314. The van der Waals surface area contributed by atoms with Crippen molar-refractivity contribution in [3.8, 4) is 5.75 Å². The molecule has 7 nitrogen and oxygen atoms in total. The zero-order valence-corrected chi connectivity index (χ0v) is 24.8. The third-order valence-electron chi connectivity index (χ3n) is 6.72. The second-order valence-corrected chi connectivity index (χ2v) is 10.3. The molecule has 0 aromatic heterocycles. The highest BCUT2D eigenvalue weighted by Crippen LogP contribution is 2.27. The summed E-state index contributed by atoms with van der Waals surface area (Å²) >= 11 is 6.34. The lowest BCUT2D eigenvalue weighted by atomic mass is 10.00. The third-order valence-corrected chi connectivity index (χ3v) is 7.04. The molecule has 4 rings (SSSR count). The van der Waals surface area contributed by atoms with Crippen LogP contribution in [0.3, 0.4) is 0 Å². The molecule has 4 aromatic rings. The number of nitrogens with zero attached hydrogens (tertiary/aromatic N) is 1. The first-order valence-corrected chi connectivity index (χ1v) is 14.1. The number of hydrogen-bond acceptors (Lipinski definition) is 6. The Bertz CT molecular complexity index is 1590. The van der Waals surface area contributed by atoms with Gasteiger partial charge in [0.15, 0.2) is 5.78 Å². The van der Waals surface area contributed by atoms with E-state index < -0.39 is 12.0 Å². The van der Waals surface area contributed by atoms with Gasteiger partial charge in [0.2, 0.25) is 0 Å². The van der Waals surface area contributed by atoms with Crippen LogP contribution in [0.15, 0.2) is 115 Å². The van der Waals surface area contributed by atoms with Crippen LogP contribution in [0, 0.1) is 0 Å². The number of methoxy groups -OCH3 is 1. The van der Waals surface area contributed by atoms with Gasteiger partial charge in [0, 0.05) is 28.8 Å². The molecule has 0 bridgehead atoms. The van der Waals surface area contributed by atoms with Gasteiger partial charge in [-0.05, 0) is 48.9 Å². The van der Waals surface area contributed by atoms with Gasteiger partial charge in [-0.25, -0.2) is 4.79 Å². The van der Waals surface area contributed by atoms with Crippen LogP contribution in [-0.2, 0) is 20.7 Å². The number of rotatable bonds is 13. The molecule has 4 aromatic carbocycles. The number of amides is 1. The van der Waals surface area contributed by atoms with Crippen LogP contribution in [0.25, 0.3) is 0 Å². The lowest BCUT2D eigenvalue weighted by Gasteiger charge is -2.24. The summed E-state index contributed by atoms with van der Waals surface area (Å²) in [7, 11) is 1.33. The summed E-state index contributed by atoms with van der Waals surface area (Å²) in [6, 6.07) is 29.8. The number of carbonyl (C=O) groups is 3. The average molecular weight is 597 g/mol. The summed E-state index contributed by atoms with van der Waals surface area (Å²) < 4.78 is 11.0. The Balaban J connectivity index is 1.43. The molecule has 0 aliphatic carbocycles. The number of para-hydroxylation sites is 2. The Hall–Kier alpha value is -4.88. The molecule has 43 heavy (non-hydrogen) atoms. The van der Waals surface area contributed by atoms with E-state index in [1.807, 2.05) is 36.4 Å². The largest absolute Gasteiger partial charge is 0.492 e. The quantitative estimate of drug-likeness (QED) is 0.104. The molecular weight excluding hydrogens is 564 g/mol. The minimum atomic E-state index is -0.737. The molecule has 0 spiro atoms. The molecule has 220 valence electrons. The van der Waals surface area contributed by atoms with E-state index in [1.165, 1.54) is 7.11 Å². The maximum Gasteiger partial charge on any atom is 0.328 e. The number of ketones is 1. The van der Waals surface area contributed by atoms with E-state index in [4.69, 9.17) is 21.1 Å². The summed E-state index contributed by atoms with van der Waals surface area (Å²) in [4.78, 5) is 40.2. The van der Waals surface area contributed by atoms with Gasteiger partial charge < -0.3 is 19.7 Å². The van der Waals surface area contributed by atoms with Crippen molar-refractivity contribution in [1.82, 2.24) is 0 Å². The van der Waals surface area contributed by atoms with Crippen LogP contribution >= 0.6 is 11.6 Å². The van der Waals surface area contributed by atoms with Crippen LogP contribution in [0.4, 0.5) is 11.4 Å². The lowest BCUT2D eigenvalue weighted by Crippen LogP contribution is -2.35. The van der Waals surface area contributed by atoms with E-state index in [0.29, 0.717) is 45.3 Å². The number of benzene rings is 4. The fourth-order valence-corrected chi connectivity index (χ4v) is 4.76. The third kappa shape index (κ3) is 8.11. The topological polar surface area (TPSA) is 84.9 Å². The molecule has 1 atom stereocenters. The number of esters is 1. The van der Waals surface area contributed by atoms with Gasteiger partial charge in [0.05, 0.1) is 24.4 Å². The number of hydrogen-bond donors (Lipinski definition) is 1. The Labute approximate surface area is 256 Å². The molecule has 0 heterocycles. The van der Waals surface area contributed by atoms with Gasteiger partial charge in [-0.3, -0.25) is 9.59 Å². The van der Waals surface area contributed by atoms with E-state index in [-0.39, 0.29) is 24.8 Å². The number of carbonyl (C=O) groups excluding carboxylic acids is 3. The van der Waals surface area contributed by atoms with Crippen LogP contribution in [0.1, 0.15) is 28.4 Å². The minimum Gasteiger partial charge on any atom is -0.492 e. The molecule has 1 amide bonds. The van der Waals surface area contributed by atoms with Gasteiger partial charge in [-0.15, -0.1) is 0 Å². The smallest absolute Gasteiger partial charge is 0.328 e. The minimum absolute atomic E-state index is 0.146. The van der Waals surface area contributed by atoms with Crippen molar-refractivity contribution in [2.45, 2.75) is 19.4 Å². The second kappa shape index (κ2) is 14.8. The van der Waals surface area contributed by atoms with Crippen LogP contribution in [0.5, 0.6) is 5.75 Å².